The third-order valence-electron chi connectivity index (χ3n) is 3.85. The third-order valence-corrected chi connectivity index (χ3v) is 3.85. The summed E-state index contributed by atoms with van der Waals surface area (Å²) in [5.41, 5.74) is 2.21. The van der Waals surface area contributed by atoms with Crippen LogP contribution < -0.4 is 10.1 Å². The van der Waals surface area contributed by atoms with Crippen molar-refractivity contribution in [2.45, 2.75) is 19.1 Å². The van der Waals surface area contributed by atoms with E-state index in [0.29, 0.717) is 18.9 Å². The van der Waals surface area contributed by atoms with E-state index in [2.05, 4.69) is 5.32 Å². The molecule has 22 heavy (non-hydrogen) atoms. The summed E-state index contributed by atoms with van der Waals surface area (Å²) < 4.78 is 25.4. The number of morpholine rings is 1. The maximum Gasteiger partial charge on any atom is 0.151 e. The first kappa shape index (κ1) is 15.0. The number of hydrogen-bond acceptors (Lipinski definition) is 3. The van der Waals surface area contributed by atoms with E-state index in [9.17, 15) is 4.39 Å². The zero-order valence-corrected chi connectivity index (χ0v) is 12.6. The Morgan fingerprint density at radius 3 is 2.82 bits per heavy atom. The second-order valence-corrected chi connectivity index (χ2v) is 5.47. The minimum absolute atomic E-state index is 0.0990. The molecule has 0 aromatic heterocycles. The molecule has 2 unspecified atom stereocenters. The van der Waals surface area contributed by atoms with Gasteiger partial charge in [-0.3, -0.25) is 0 Å². The van der Waals surface area contributed by atoms with E-state index in [-0.39, 0.29) is 18.0 Å². The van der Waals surface area contributed by atoms with Crippen molar-refractivity contribution in [2.75, 3.05) is 19.7 Å². The maximum atomic E-state index is 13.4. The lowest BCUT2D eigenvalue weighted by Gasteiger charge is -2.32. The van der Waals surface area contributed by atoms with Gasteiger partial charge in [0, 0.05) is 19.2 Å². The average molecular weight is 301 g/mol. The quantitative estimate of drug-likeness (QED) is 0.940. The molecule has 2 aromatic rings. The van der Waals surface area contributed by atoms with Gasteiger partial charge in [-0.05, 0) is 30.2 Å². The van der Waals surface area contributed by atoms with Crippen LogP contribution in [0.1, 0.15) is 17.2 Å². The Hall–Kier alpha value is -1.91. The molecule has 116 valence electrons. The first-order valence-electron chi connectivity index (χ1n) is 7.54. The number of halogens is 1. The number of rotatable bonds is 4. The highest BCUT2D eigenvalue weighted by Gasteiger charge is 2.29. The minimum atomic E-state index is -0.302. The van der Waals surface area contributed by atoms with Crippen LogP contribution in [0, 0.1) is 12.7 Å². The highest BCUT2D eigenvalue weighted by molar-refractivity contribution is 5.31. The van der Waals surface area contributed by atoms with E-state index in [0.717, 1.165) is 17.7 Å². The second kappa shape index (κ2) is 6.90. The Bertz CT molecular complexity index is 626. The van der Waals surface area contributed by atoms with Gasteiger partial charge in [0.25, 0.3) is 0 Å². The zero-order chi connectivity index (χ0) is 15.4. The zero-order valence-electron chi connectivity index (χ0n) is 12.6. The molecule has 1 aliphatic rings. The van der Waals surface area contributed by atoms with Gasteiger partial charge in [-0.1, -0.05) is 30.3 Å². The Morgan fingerprint density at radius 2 is 2.09 bits per heavy atom. The summed E-state index contributed by atoms with van der Waals surface area (Å²) >= 11 is 0. The second-order valence-electron chi connectivity index (χ2n) is 5.47. The predicted octanol–water partition coefficient (Wildman–Crippen LogP) is 3.24. The first-order valence-corrected chi connectivity index (χ1v) is 7.54. The molecule has 1 aliphatic heterocycles. The van der Waals surface area contributed by atoms with E-state index in [4.69, 9.17) is 9.47 Å². The SMILES string of the molecule is Cc1ccccc1C(Oc1cccc(F)c1)C1CNCCO1. The lowest BCUT2D eigenvalue weighted by atomic mass is 9.98. The average Bonchev–Trinajstić information content (AvgIpc) is 2.54. The third kappa shape index (κ3) is 3.46. The summed E-state index contributed by atoms with van der Waals surface area (Å²) in [6.07, 6.45) is -0.367. The maximum absolute atomic E-state index is 13.4. The summed E-state index contributed by atoms with van der Waals surface area (Å²) in [4.78, 5) is 0. The van der Waals surface area contributed by atoms with Crippen molar-refractivity contribution in [1.29, 1.82) is 0 Å². The summed E-state index contributed by atoms with van der Waals surface area (Å²) in [5, 5.41) is 3.32. The summed E-state index contributed by atoms with van der Waals surface area (Å²) in [6, 6.07) is 14.3. The van der Waals surface area contributed by atoms with Gasteiger partial charge in [-0.25, -0.2) is 4.39 Å². The van der Waals surface area contributed by atoms with E-state index >= 15 is 0 Å². The van der Waals surface area contributed by atoms with Crippen LogP contribution >= 0.6 is 0 Å². The number of aryl methyl sites for hydroxylation is 1. The molecule has 0 amide bonds. The van der Waals surface area contributed by atoms with Crippen LogP contribution in [0.3, 0.4) is 0 Å². The van der Waals surface area contributed by atoms with Gasteiger partial charge in [0.15, 0.2) is 6.10 Å². The van der Waals surface area contributed by atoms with Crippen LogP contribution in [-0.2, 0) is 4.74 Å². The topological polar surface area (TPSA) is 30.5 Å². The van der Waals surface area contributed by atoms with E-state index < -0.39 is 0 Å². The number of hydrogen-bond donors (Lipinski definition) is 1. The Balaban J connectivity index is 1.90. The van der Waals surface area contributed by atoms with Crippen molar-refractivity contribution >= 4 is 0 Å². The Kier molecular flexibility index (Phi) is 4.71. The fourth-order valence-electron chi connectivity index (χ4n) is 2.71. The molecule has 0 aliphatic carbocycles. The normalized spacial score (nSPS) is 19.6. The van der Waals surface area contributed by atoms with Gasteiger partial charge in [0.1, 0.15) is 17.7 Å². The molecule has 0 saturated carbocycles. The highest BCUT2D eigenvalue weighted by atomic mass is 19.1. The Morgan fingerprint density at radius 1 is 1.23 bits per heavy atom. The molecular formula is C18H20FNO2. The van der Waals surface area contributed by atoms with Crippen LogP contribution in [0.15, 0.2) is 48.5 Å². The van der Waals surface area contributed by atoms with Crippen molar-refractivity contribution in [3.63, 3.8) is 0 Å². The molecular weight excluding hydrogens is 281 g/mol. The molecule has 2 atom stereocenters. The highest BCUT2D eigenvalue weighted by Crippen LogP contribution is 2.29. The van der Waals surface area contributed by atoms with E-state index in [1.54, 1.807) is 12.1 Å². The molecule has 0 bridgehead atoms. The van der Waals surface area contributed by atoms with Gasteiger partial charge in [0.05, 0.1) is 6.61 Å². The lowest BCUT2D eigenvalue weighted by Crippen LogP contribution is -2.43. The van der Waals surface area contributed by atoms with Crippen LogP contribution in [0.2, 0.25) is 0 Å². The molecule has 0 radical (unpaired) electrons. The van der Waals surface area contributed by atoms with Gasteiger partial charge in [0.2, 0.25) is 0 Å². The molecule has 3 rings (SSSR count). The van der Waals surface area contributed by atoms with E-state index in [1.165, 1.54) is 12.1 Å². The number of ether oxygens (including phenoxy) is 2. The van der Waals surface area contributed by atoms with Crippen molar-refractivity contribution in [3.05, 3.63) is 65.5 Å². The lowest BCUT2D eigenvalue weighted by molar-refractivity contribution is -0.0435. The van der Waals surface area contributed by atoms with Gasteiger partial charge < -0.3 is 14.8 Å². The fourth-order valence-corrected chi connectivity index (χ4v) is 2.71. The predicted molar refractivity (Wildman–Crippen MR) is 83.6 cm³/mol. The molecule has 1 saturated heterocycles. The van der Waals surface area contributed by atoms with Crippen LogP contribution in [0.4, 0.5) is 4.39 Å². The molecule has 1 N–H and O–H groups in total. The van der Waals surface area contributed by atoms with Crippen molar-refractivity contribution in [2.24, 2.45) is 0 Å². The summed E-state index contributed by atoms with van der Waals surface area (Å²) in [7, 11) is 0. The summed E-state index contributed by atoms with van der Waals surface area (Å²) in [5.74, 6) is 0.214. The van der Waals surface area contributed by atoms with Crippen molar-refractivity contribution in [1.82, 2.24) is 5.32 Å². The molecule has 1 fully saturated rings. The van der Waals surface area contributed by atoms with Crippen molar-refractivity contribution < 1.29 is 13.9 Å². The monoisotopic (exact) mass is 301 g/mol. The fraction of sp³-hybridized carbons (Fsp3) is 0.333. The standard InChI is InChI=1S/C18H20FNO2/c1-13-5-2-3-8-16(13)18(17-12-20-9-10-21-17)22-15-7-4-6-14(19)11-15/h2-8,11,17-18,20H,9-10,12H2,1H3. The summed E-state index contributed by atoms with van der Waals surface area (Å²) in [6.45, 7) is 4.26. The molecule has 4 heteroatoms. The largest absolute Gasteiger partial charge is 0.483 e. The smallest absolute Gasteiger partial charge is 0.151 e. The van der Waals surface area contributed by atoms with Crippen LogP contribution in [0.5, 0.6) is 5.75 Å². The molecule has 0 spiro atoms. The minimum Gasteiger partial charge on any atom is -0.483 e. The number of nitrogens with one attached hydrogen (secondary N) is 1. The Labute approximate surface area is 130 Å². The molecule has 2 aromatic carbocycles. The van der Waals surface area contributed by atoms with Gasteiger partial charge >= 0.3 is 0 Å². The van der Waals surface area contributed by atoms with Gasteiger partial charge in [-0.15, -0.1) is 0 Å². The number of benzene rings is 2. The van der Waals surface area contributed by atoms with Gasteiger partial charge in [-0.2, -0.15) is 0 Å². The first-order chi connectivity index (χ1) is 10.7. The van der Waals surface area contributed by atoms with Crippen molar-refractivity contribution in [3.8, 4) is 5.75 Å². The molecule has 3 nitrogen and oxygen atoms in total. The van der Waals surface area contributed by atoms with E-state index in [1.807, 2.05) is 31.2 Å². The van der Waals surface area contributed by atoms with Crippen LogP contribution in [-0.4, -0.2) is 25.8 Å². The van der Waals surface area contributed by atoms with Crippen LogP contribution in [0.25, 0.3) is 0 Å². The molecule has 1 heterocycles.